The zero-order valence-electron chi connectivity index (χ0n) is 9.98. The molecule has 8 nitrogen and oxygen atoms in total. The lowest BCUT2D eigenvalue weighted by atomic mass is 10.2. The van der Waals surface area contributed by atoms with Crippen LogP contribution in [0.15, 0.2) is 24.3 Å². The van der Waals surface area contributed by atoms with Crippen molar-refractivity contribution in [1.29, 1.82) is 0 Å². The van der Waals surface area contributed by atoms with Crippen LogP contribution in [0.2, 0.25) is 0 Å². The van der Waals surface area contributed by atoms with Crippen molar-refractivity contribution < 1.29 is 14.8 Å². The molecular formula is C11H10N4O4. The predicted octanol–water partition coefficient (Wildman–Crippen LogP) is 1.11. The van der Waals surface area contributed by atoms with E-state index in [1.54, 1.807) is 6.92 Å². The molecule has 0 unspecified atom stereocenters. The number of nitro groups is 1. The standard InChI is InChI=1S/C11H10N4O4/c1-7-10(6-11(16)17)12-13-14(7)8-2-4-9(5-3-8)15(18)19/h2-5H,6H2,1H3,(H,16,17). The Kier molecular flexibility index (Phi) is 3.23. The van der Waals surface area contributed by atoms with Crippen LogP contribution in [0.25, 0.3) is 5.69 Å². The smallest absolute Gasteiger partial charge is 0.309 e. The van der Waals surface area contributed by atoms with E-state index in [1.165, 1.54) is 28.9 Å². The summed E-state index contributed by atoms with van der Waals surface area (Å²) in [5.41, 5.74) is 1.53. The van der Waals surface area contributed by atoms with E-state index < -0.39 is 10.9 Å². The van der Waals surface area contributed by atoms with Crippen LogP contribution >= 0.6 is 0 Å². The van der Waals surface area contributed by atoms with E-state index in [9.17, 15) is 14.9 Å². The summed E-state index contributed by atoms with van der Waals surface area (Å²) in [5.74, 6) is -0.987. The number of hydrogen-bond donors (Lipinski definition) is 1. The van der Waals surface area contributed by atoms with Crippen LogP contribution < -0.4 is 0 Å². The number of nitrogens with zero attached hydrogens (tertiary/aromatic N) is 4. The summed E-state index contributed by atoms with van der Waals surface area (Å²) in [7, 11) is 0. The molecule has 1 N–H and O–H groups in total. The van der Waals surface area contributed by atoms with Crippen molar-refractivity contribution in [2.45, 2.75) is 13.3 Å². The second-order valence-corrected chi connectivity index (χ2v) is 3.88. The number of carboxylic acid groups (broad SMARTS) is 1. The molecule has 0 amide bonds. The van der Waals surface area contributed by atoms with Crippen LogP contribution in [-0.4, -0.2) is 31.0 Å². The third-order valence-corrected chi connectivity index (χ3v) is 2.61. The lowest BCUT2D eigenvalue weighted by Gasteiger charge is -2.02. The maximum absolute atomic E-state index is 10.6. The van der Waals surface area contributed by atoms with Crippen LogP contribution in [0, 0.1) is 17.0 Å². The van der Waals surface area contributed by atoms with Gasteiger partial charge in [-0.2, -0.15) is 0 Å². The van der Waals surface area contributed by atoms with Crippen molar-refractivity contribution in [3.05, 3.63) is 45.8 Å². The van der Waals surface area contributed by atoms with Gasteiger partial charge >= 0.3 is 5.97 Å². The van der Waals surface area contributed by atoms with Crippen molar-refractivity contribution in [2.75, 3.05) is 0 Å². The first kappa shape index (κ1) is 12.7. The van der Waals surface area contributed by atoms with Gasteiger partial charge in [-0.25, -0.2) is 4.68 Å². The van der Waals surface area contributed by atoms with E-state index in [1.807, 2.05) is 0 Å². The van der Waals surface area contributed by atoms with Gasteiger partial charge in [0.1, 0.15) is 0 Å². The average Bonchev–Trinajstić information content (AvgIpc) is 2.70. The molecule has 2 rings (SSSR count). The Balaban J connectivity index is 2.34. The first-order valence-corrected chi connectivity index (χ1v) is 5.37. The van der Waals surface area contributed by atoms with E-state index in [0.717, 1.165) is 0 Å². The van der Waals surface area contributed by atoms with E-state index in [4.69, 9.17) is 5.11 Å². The van der Waals surface area contributed by atoms with Crippen LogP contribution in [0.3, 0.4) is 0 Å². The number of non-ortho nitro benzene ring substituents is 1. The molecule has 19 heavy (non-hydrogen) atoms. The van der Waals surface area contributed by atoms with Gasteiger partial charge in [0.05, 0.1) is 28.4 Å². The predicted molar refractivity (Wildman–Crippen MR) is 64.1 cm³/mol. The second kappa shape index (κ2) is 4.84. The zero-order chi connectivity index (χ0) is 14.0. The van der Waals surface area contributed by atoms with Gasteiger partial charge in [-0.15, -0.1) is 5.10 Å². The number of nitro benzene ring substituents is 1. The molecule has 0 radical (unpaired) electrons. The van der Waals surface area contributed by atoms with Crippen LogP contribution in [0.4, 0.5) is 5.69 Å². The lowest BCUT2D eigenvalue weighted by Crippen LogP contribution is -2.03. The zero-order valence-corrected chi connectivity index (χ0v) is 9.98. The van der Waals surface area contributed by atoms with Gasteiger partial charge in [-0.1, -0.05) is 5.21 Å². The molecule has 1 aromatic carbocycles. The highest BCUT2D eigenvalue weighted by atomic mass is 16.6. The van der Waals surface area contributed by atoms with Gasteiger partial charge in [0, 0.05) is 12.1 Å². The van der Waals surface area contributed by atoms with Gasteiger partial charge in [0.15, 0.2) is 0 Å². The first-order valence-electron chi connectivity index (χ1n) is 5.37. The van der Waals surface area contributed by atoms with Crippen molar-refractivity contribution >= 4 is 11.7 Å². The molecule has 98 valence electrons. The van der Waals surface area contributed by atoms with E-state index >= 15 is 0 Å². The molecule has 0 fully saturated rings. The molecule has 2 aromatic rings. The number of hydrogen-bond acceptors (Lipinski definition) is 5. The molecule has 0 saturated carbocycles. The average molecular weight is 262 g/mol. The number of benzene rings is 1. The van der Waals surface area contributed by atoms with E-state index in [-0.39, 0.29) is 12.1 Å². The Labute approximate surface area is 107 Å². The second-order valence-electron chi connectivity index (χ2n) is 3.88. The van der Waals surface area contributed by atoms with Crippen molar-refractivity contribution in [2.24, 2.45) is 0 Å². The van der Waals surface area contributed by atoms with Gasteiger partial charge in [-0.05, 0) is 19.1 Å². The fourth-order valence-corrected chi connectivity index (χ4v) is 1.63. The molecule has 0 spiro atoms. The molecule has 0 aliphatic rings. The van der Waals surface area contributed by atoms with Gasteiger partial charge in [0.2, 0.25) is 0 Å². The van der Waals surface area contributed by atoms with E-state index in [0.29, 0.717) is 17.1 Å². The molecule has 1 heterocycles. The first-order chi connectivity index (χ1) is 8.99. The van der Waals surface area contributed by atoms with Crippen LogP contribution in [-0.2, 0) is 11.2 Å². The van der Waals surface area contributed by atoms with E-state index in [2.05, 4.69) is 10.3 Å². The minimum Gasteiger partial charge on any atom is -0.481 e. The summed E-state index contributed by atoms with van der Waals surface area (Å²) in [6.45, 7) is 1.69. The van der Waals surface area contributed by atoms with Crippen LogP contribution in [0.5, 0.6) is 0 Å². The van der Waals surface area contributed by atoms with Gasteiger partial charge in [-0.3, -0.25) is 14.9 Å². The number of aliphatic carboxylic acids is 1. The summed E-state index contributed by atoms with van der Waals surface area (Å²) in [4.78, 5) is 20.7. The molecule has 1 aromatic heterocycles. The molecule has 8 heteroatoms. The molecular weight excluding hydrogens is 252 g/mol. The van der Waals surface area contributed by atoms with Gasteiger partial charge in [0.25, 0.3) is 5.69 Å². The highest BCUT2D eigenvalue weighted by molar-refractivity contribution is 5.69. The Morgan fingerprint density at radius 3 is 2.58 bits per heavy atom. The summed E-state index contributed by atoms with van der Waals surface area (Å²) < 4.78 is 1.45. The topological polar surface area (TPSA) is 111 Å². The molecule has 0 saturated heterocycles. The highest BCUT2D eigenvalue weighted by Gasteiger charge is 2.13. The minimum absolute atomic E-state index is 0.0210. The normalized spacial score (nSPS) is 10.4. The van der Waals surface area contributed by atoms with Crippen molar-refractivity contribution in [1.82, 2.24) is 15.0 Å². The SMILES string of the molecule is Cc1c(CC(=O)O)nnn1-c1ccc([N+](=O)[O-])cc1. The molecule has 0 bridgehead atoms. The lowest BCUT2D eigenvalue weighted by molar-refractivity contribution is -0.384. The monoisotopic (exact) mass is 262 g/mol. The highest BCUT2D eigenvalue weighted by Crippen LogP contribution is 2.17. The largest absolute Gasteiger partial charge is 0.481 e. The van der Waals surface area contributed by atoms with Crippen molar-refractivity contribution in [3.8, 4) is 5.69 Å². The number of carbonyl (C=O) groups is 1. The Bertz CT molecular complexity index is 633. The van der Waals surface area contributed by atoms with Crippen LogP contribution in [0.1, 0.15) is 11.4 Å². The summed E-state index contributed by atoms with van der Waals surface area (Å²) >= 11 is 0. The number of carboxylic acids is 1. The third kappa shape index (κ3) is 2.57. The summed E-state index contributed by atoms with van der Waals surface area (Å²) in [6.07, 6.45) is -0.210. The Hall–Kier alpha value is -2.77. The van der Waals surface area contributed by atoms with Gasteiger partial charge < -0.3 is 5.11 Å². The molecule has 0 aliphatic heterocycles. The number of rotatable bonds is 4. The summed E-state index contributed by atoms with van der Waals surface area (Å²) in [6, 6.07) is 5.77. The fourth-order valence-electron chi connectivity index (χ4n) is 1.63. The maximum Gasteiger partial charge on any atom is 0.309 e. The summed E-state index contributed by atoms with van der Waals surface area (Å²) in [5, 5.41) is 26.9. The fraction of sp³-hybridized carbons (Fsp3) is 0.182. The molecule has 0 aliphatic carbocycles. The quantitative estimate of drug-likeness (QED) is 0.652. The maximum atomic E-state index is 10.6. The Morgan fingerprint density at radius 2 is 2.05 bits per heavy atom. The van der Waals surface area contributed by atoms with Crippen molar-refractivity contribution in [3.63, 3.8) is 0 Å². The Morgan fingerprint density at radius 1 is 1.42 bits per heavy atom. The minimum atomic E-state index is -0.987. The molecule has 0 atom stereocenters. The third-order valence-electron chi connectivity index (χ3n) is 2.61. The number of aromatic nitrogens is 3.